The van der Waals surface area contributed by atoms with E-state index in [1.54, 1.807) is 6.20 Å². The van der Waals surface area contributed by atoms with Crippen LogP contribution in [-0.4, -0.2) is 9.97 Å². The van der Waals surface area contributed by atoms with Gasteiger partial charge in [0.2, 0.25) is 5.88 Å². The molecule has 0 aliphatic heterocycles. The van der Waals surface area contributed by atoms with Gasteiger partial charge >= 0.3 is 0 Å². The fraction of sp³-hybridized carbons (Fsp3) is 0.235. The largest absolute Gasteiger partial charge is 0.471 e. The molecule has 0 saturated carbocycles. The molecule has 0 aliphatic carbocycles. The smallest absolute Gasteiger partial charge is 0.238 e. The number of hydrogen-bond acceptors (Lipinski definition) is 2. The number of fused-ring (bicyclic) bond motifs is 1. The second-order valence-corrected chi connectivity index (χ2v) is 5.13. The number of ether oxygens (including phenoxy) is 1. The monoisotopic (exact) mass is 266 g/mol. The van der Waals surface area contributed by atoms with Crippen LogP contribution in [-0.2, 0) is 6.61 Å². The summed E-state index contributed by atoms with van der Waals surface area (Å²) in [7, 11) is 0. The number of pyridine rings is 1. The Morgan fingerprint density at radius 1 is 1.10 bits per heavy atom. The second kappa shape index (κ2) is 5.00. The first kappa shape index (κ1) is 12.7. The van der Waals surface area contributed by atoms with Crippen molar-refractivity contribution in [3.63, 3.8) is 0 Å². The first-order valence-electron chi connectivity index (χ1n) is 6.78. The topological polar surface area (TPSA) is 37.9 Å². The summed E-state index contributed by atoms with van der Waals surface area (Å²) < 4.78 is 5.91. The van der Waals surface area contributed by atoms with E-state index in [2.05, 4.69) is 42.9 Å². The molecule has 0 amide bonds. The summed E-state index contributed by atoms with van der Waals surface area (Å²) in [5.74, 6) is 0.668. The van der Waals surface area contributed by atoms with Crippen LogP contribution in [0.5, 0.6) is 5.88 Å². The van der Waals surface area contributed by atoms with E-state index in [9.17, 15) is 0 Å². The summed E-state index contributed by atoms with van der Waals surface area (Å²) in [6.45, 7) is 6.81. The number of aryl methyl sites for hydroxylation is 3. The van der Waals surface area contributed by atoms with Gasteiger partial charge in [-0.15, -0.1) is 0 Å². The maximum atomic E-state index is 5.91. The van der Waals surface area contributed by atoms with Crippen molar-refractivity contribution < 1.29 is 4.74 Å². The standard InChI is InChI=1S/C17H18N2O/c1-11-6-4-5-7-14(11)10-20-17-16-15(8-9-18-17)12(2)13(3)19-16/h4-9,19H,10H2,1-3H3. The zero-order valence-corrected chi connectivity index (χ0v) is 12.0. The molecule has 0 saturated heterocycles. The Kier molecular flexibility index (Phi) is 3.18. The van der Waals surface area contributed by atoms with Gasteiger partial charge in [-0.3, -0.25) is 0 Å². The molecule has 0 unspecified atom stereocenters. The molecule has 0 aliphatic rings. The van der Waals surface area contributed by atoms with E-state index in [1.165, 1.54) is 22.1 Å². The first-order chi connectivity index (χ1) is 9.66. The zero-order valence-electron chi connectivity index (χ0n) is 12.0. The Morgan fingerprint density at radius 2 is 1.90 bits per heavy atom. The van der Waals surface area contributed by atoms with Gasteiger partial charge in [0.15, 0.2) is 0 Å². The van der Waals surface area contributed by atoms with E-state index in [0.29, 0.717) is 12.5 Å². The van der Waals surface area contributed by atoms with Crippen LogP contribution in [0.1, 0.15) is 22.4 Å². The number of hydrogen-bond donors (Lipinski definition) is 1. The number of aromatic amines is 1. The maximum absolute atomic E-state index is 5.91. The lowest BCUT2D eigenvalue weighted by molar-refractivity contribution is 0.296. The number of nitrogens with one attached hydrogen (secondary N) is 1. The van der Waals surface area contributed by atoms with Crippen molar-refractivity contribution >= 4 is 10.9 Å². The molecular weight excluding hydrogens is 248 g/mol. The van der Waals surface area contributed by atoms with Crippen LogP contribution in [0.25, 0.3) is 10.9 Å². The van der Waals surface area contributed by atoms with Gasteiger partial charge < -0.3 is 9.72 Å². The van der Waals surface area contributed by atoms with E-state index >= 15 is 0 Å². The third-order valence-corrected chi connectivity index (χ3v) is 3.82. The van der Waals surface area contributed by atoms with Crippen molar-refractivity contribution in [2.24, 2.45) is 0 Å². The van der Waals surface area contributed by atoms with Gasteiger partial charge in [0.25, 0.3) is 0 Å². The fourth-order valence-electron chi connectivity index (χ4n) is 2.39. The summed E-state index contributed by atoms with van der Waals surface area (Å²) in [4.78, 5) is 7.71. The summed E-state index contributed by atoms with van der Waals surface area (Å²) in [5, 5.41) is 1.18. The number of rotatable bonds is 3. The molecule has 3 rings (SSSR count). The Balaban J connectivity index is 1.92. The SMILES string of the molecule is Cc1ccccc1COc1nccc2c(C)c(C)[nH]c12. The summed E-state index contributed by atoms with van der Waals surface area (Å²) in [5.41, 5.74) is 5.82. The van der Waals surface area contributed by atoms with Gasteiger partial charge in [0.05, 0.1) is 0 Å². The lowest BCUT2D eigenvalue weighted by Crippen LogP contribution is -1.99. The molecule has 3 nitrogen and oxygen atoms in total. The summed E-state index contributed by atoms with van der Waals surface area (Å²) in [6, 6.07) is 10.3. The number of aromatic nitrogens is 2. The van der Waals surface area contributed by atoms with Crippen molar-refractivity contribution in [2.45, 2.75) is 27.4 Å². The van der Waals surface area contributed by atoms with Gasteiger partial charge in [-0.1, -0.05) is 24.3 Å². The van der Waals surface area contributed by atoms with E-state index in [-0.39, 0.29) is 0 Å². The number of benzene rings is 1. The van der Waals surface area contributed by atoms with Crippen LogP contribution >= 0.6 is 0 Å². The Morgan fingerprint density at radius 3 is 2.70 bits per heavy atom. The minimum absolute atomic E-state index is 0.538. The molecule has 0 atom stereocenters. The molecule has 0 spiro atoms. The molecule has 1 aromatic carbocycles. The molecule has 0 radical (unpaired) electrons. The first-order valence-corrected chi connectivity index (χ1v) is 6.78. The molecule has 20 heavy (non-hydrogen) atoms. The van der Waals surface area contributed by atoms with E-state index in [1.807, 2.05) is 18.2 Å². The lowest BCUT2D eigenvalue weighted by Gasteiger charge is -2.08. The van der Waals surface area contributed by atoms with Crippen molar-refractivity contribution in [2.75, 3.05) is 0 Å². The molecule has 1 N–H and O–H groups in total. The second-order valence-electron chi connectivity index (χ2n) is 5.13. The van der Waals surface area contributed by atoms with Crippen LogP contribution in [0.2, 0.25) is 0 Å². The summed E-state index contributed by atoms with van der Waals surface area (Å²) in [6.07, 6.45) is 1.80. The van der Waals surface area contributed by atoms with Gasteiger partial charge in [-0.05, 0) is 43.5 Å². The quantitative estimate of drug-likeness (QED) is 0.776. The Labute approximate surface area is 118 Å². The third kappa shape index (κ3) is 2.16. The fourth-order valence-corrected chi connectivity index (χ4v) is 2.39. The molecule has 3 heteroatoms. The van der Waals surface area contributed by atoms with Crippen molar-refractivity contribution in [1.29, 1.82) is 0 Å². The number of H-pyrrole nitrogens is 1. The van der Waals surface area contributed by atoms with Crippen LogP contribution in [0, 0.1) is 20.8 Å². The molecule has 102 valence electrons. The molecule has 3 aromatic rings. The van der Waals surface area contributed by atoms with Crippen molar-refractivity contribution in [3.8, 4) is 5.88 Å². The Hall–Kier alpha value is -2.29. The Bertz CT molecular complexity index is 759. The molecule has 2 aromatic heterocycles. The van der Waals surface area contributed by atoms with E-state index < -0.39 is 0 Å². The van der Waals surface area contributed by atoms with Crippen LogP contribution in [0.3, 0.4) is 0 Å². The predicted molar refractivity (Wildman–Crippen MR) is 81.1 cm³/mol. The van der Waals surface area contributed by atoms with E-state index in [0.717, 1.165) is 11.2 Å². The van der Waals surface area contributed by atoms with E-state index in [4.69, 9.17) is 4.74 Å². The molecular formula is C17H18N2O. The van der Waals surface area contributed by atoms with Crippen molar-refractivity contribution in [1.82, 2.24) is 9.97 Å². The lowest BCUT2D eigenvalue weighted by atomic mass is 10.1. The van der Waals surface area contributed by atoms with Gasteiger partial charge in [0, 0.05) is 17.3 Å². The van der Waals surface area contributed by atoms with Crippen LogP contribution in [0.4, 0.5) is 0 Å². The minimum atomic E-state index is 0.538. The highest BCUT2D eigenvalue weighted by atomic mass is 16.5. The van der Waals surface area contributed by atoms with Crippen LogP contribution < -0.4 is 4.74 Å². The number of nitrogens with zero attached hydrogens (tertiary/aromatic N) is 1. The zero-order chi connectivity index (χ0) is 14.1. The van der Waals surface area contributed by atoms with Gasteiger partial charge in [-0.25, -0.2) is 4.98 Å². The average Bonchev–Trinajstić information content (AvgIpc) is 2.74. The maximum Gasteiger partial charge on any atom is 0.238 e. The highest BCUT2D eigenvalue weighted by molar-refractivity contribution is 5.87. The molecule has 0 fully saturated rings. The van der Waals surface area contributed by atoms with Gasteiger partial charge in [0.1, 0.15) is 12.1 Å². The molecule has 0 bridgehead atoms. The highest BCUT2D eigenvalue weighted by Gasteiger charge is 2.10. The minimum Gasteiger partial charge on any atom is -0.471 e. The van der Waals surface area contributed by atoms with Gasteiger partial charge in [-0.2, -0.15) is 0 Å². The summed E-state index contributed by atoms with van der Waals surface area (Å²) >= 11 is 0. The highest BCUT2D eigenvalue weighted by Crippen LogP contribution is 2.27. The predicted octanol–water partition coefficient (Wildman–Crippen LogP) is 4.07. The normalized spacial score (nSPS) is 10.9. The van der Waals surface area contributed by atoms with Crippen molar-refractivity contribution in [3.05, 3.63) is 58.9 Å². The third-order valence-electron chi connectivity index (χ3n) is 3.82. The average molecular weight is 266 g/mol. The molecule has 2 heterocycles. The van der Waals surface area contributed by atoms with Crippen LogP contribution in [0.15, 0.2) is 36.5 Å².